The van der Waals surface area contributed by atoms with Crippen molar-refractivity contribution in [3.8, 4) is 0 Å². The molecule has 134 valence electrons. The molecule has 0 aliphatic carbocycles. The van der Waals surface area contributed by atoms with E-state index in [0.29, 0.717) is 31.9 Å². The monoisotopic (exact) mass is 370 g/mol. The molecule has 1 aliphatic rings. The summed E-state index contributed by atoms with van der Waals surface area (Å²) in [5.41, 5.74) is 1.40. The van der Waals surface area contributed by atoms with Crippen LogP contribution in [0.25, 0.3) is 0 Å². The summed E-state index contributed by atoms with van der Waals surface area (Å²) in [6.07, 6.45) is 1.21. The Labute approximate surface area is 149 Å². The van der Waals surface area contributed by atoms with Gasteiger partial charge in [0.25, 0.3) is 0 Å². The predicted molar refractivity (Wildman–Crippen MR) is 98.9 cm³/mol. The molecule has 0 unspecified atom stereocenters. The fourth-order valence-electron chi connectivity index (χ4n) is 2.56. The normalized spacial score (nSPS) is 17.1. The molecule has 0 atom stereocenters. The molecule has 1 aromatic carbocycles. The lowest BCUT2D eigenvalue weighted by Crippen LogP contribution is -2.50. The molecule has 0 saturated carbocycles. The van der Waals surface area contributed by atoms with Crippen LogP contribution in [0.1, 0.15) is 26.3 Å². The van der Waals surface area contributed by atoms with E-state index >= 15 is 0 Å². The largest absolute Gasteiger partial charge is 0.339 e. The second kappa shape index (κ2) is 7.45. The quantitative estimate of drug-likeness (QED) is 0.763. The van der Waals surface area contributed by atoms with Crippen LogP contribution in [-0.2, 0) is 20.2 Å². The topological polar surface area (TPSA) is 57.7 Å². The fraction of sp³-hybridized carbons (Fsp3) is 0.588. The Morgan fingerprint density at radius 1 is 1.08 bits per heavy atom. The van der Waals surface area contributed by atoms with Gasteiger partial charge in [-0.15, -0.1) is 11.8 Å². The molecule has 0 bridgehead atoms. The van der Waals surface area contributed by atoms with Crippen molar-refractivity contribution in [3.05, 3.63) is 29.8 Å². The molecular weight excluding hydrogens is 344 g/mol. The maximum Gasteiger partial charge on any atom is 0.233 e. The van der Waals surface area contributed by atoms with Gasteiger partial charge in [0.05, 0.1) is 12.0 Å². The second-order valence-electron chi connectivity index (χ2n) is 7.11. The SMILES string of the molecule is CC(C)(C)c1ccc(SCC(=O)N2CCN(S(C)(=O)=O)CC2)cc1. The van der Waals surface area contributed by atoms with Crippen molar-refractivity contribution in [2.75, 3.05) is 38.2 Å². The Hall–Kier alpha value is -1.05. The van der Waals surface area contributed by atoms with Gasteiger partial charge in [-0.05, 0) is 23.1 Å². The number of carbonyl (C=O) groups excluding carboxylic acids is 1. The number of hydrogen-bond donors (Lipinski definition) is 0. The molecule has 1 fully saturated rings. The Balaban J connectivity index is 1.84. The first kappa shape index (κ1) is 19.3. The van der Waals surface area contributed by atoms with E-state index in [-0.39, 0.29) is 11.3 Å². The lowest BCUT2D eigenvalue weighted by atomic mass is 9.87. The maximum absolute atomic E-state index is 12.3. The zero-order valence-corrected chi connectivity index (χ0v) is 16.4. The van der Waals surface area contributed by atoms with Crippen LogP contribution in [-0.4, -0.2) is 61.7 Å². The standard InChI is InChI=1S/C17H26N2O3S2/c1-17(2,3)14-5-7-15(8-6-14)23-13-16(20)18-9-11-19(12-10-18)24(4,21)22/h5-8H,9-13H2,1-4H3. The van der Waals surface area contributed by atoms with Crippen molar-refractivity contribution in [3.63, 3.8) is 0 Å². The van der Waals surface area contributed by atoms with Crippen LogP contribution >= 0.6 is 11.8 Å². The highest BCUT2D eigenvalue weighted by atomic mass is 32.2. The Morgan fingerprint density at radius 2 is 1.62 bits per heavy atom. The van der Waals surface area contributed by atoms with Gasteiger partial charge < -0.3 is 4.90 Å². The van der Waals surface area contributed by atoms with Gasteiger partial charge >= 0.3 is 0 Å². The molecule has 5 nitrogen and oxygen atoms in total. The summed E-state index contributed by atoms with van der Waals surface area (Å²) in [6, 6.07) is 8.33. The molecule has 1 saturated heterocycles. The molecule has 0 spiro atoms. The number of nitrogens with zero attached hydrogens (tertiary/aromatic N) is 2. The minimum atomic E-state index is -3.16. The van der Waals surface area contributed by atoms with E-state index in [1.165, 1.54) is 27.9 Å². The Morgan fingerprint density at radius 3 is 2.08 bits per heavy atom. The molecule has 1 amide bonds. The van der Waals surface area contributed by atoms with Gasteiger partial charge in [0, 0.05) is 31.1 Å². The molecule has 1 heterocycles. The van der Waals surface area contributed by atoms with Gasteiger partial charge in [-0.1, -0.05) is 32.9 Å². The fourth-order valence-corrected chi connectivity index (χ4v) is 4.18. The van der Waals surface area contributed by atoms with Crippen molar-refractivity contribution in [1.82, 2.24) is 9.21 Å². The van der Waals surface area contributed by atoms with Gasteiger partial charge in [0.2, 0.25) is 15.9 Å². The first-order valence-corrected chi connectivity index (χ1v) is 10.9. The van der Waals surface area contributed by atoms with E-state index < -0.39 is 10.0 Å². The third kappa shape index (κ3) is 5.22. The minimum absolute atomic E-state index is 0.0630. The van der Waals surface area contributed by atoms with Crippen molar-refractivity contribution in [2.45, 2.75) is 31.1 Å². The molecule has 1 aliphatic heterocycles. The Kier molecular flexibility index (Phi) is 5.99. The van der Waals surface area contributed by atoms with Crippen molar-refractivity contribution in [1.29, 1.82) is 0 Å². The van der Waals surface area contributed by atoms with Gasteiger partial charge in [-0.2, -0.15) is 4.31 Å². The minimum Gasteiger partial charge on any atom is -0.339 e. The van der Waals surface area contributed by atoms with Gasteiger partial charge in [-0.3, -0.25) is 4.79 Å². The zero-order chi connectivity index (χ0) is 18.0. The number of carbonyl (C=O) groups is 1. The summed E-state index contributed by atoms with van der Waals surface area (Å²) in [5, 5.41) is 0. The summed E-state index contributed by atoms with van der Waals surface area (Å²) in [7, 11) is -3.16. The molecule has 0 N–H and O–H groups in total. The number of piperazine rings is 1. The zero-order valence-electron chi connectivity index (χ0n) is 14.8. The summed E-state index contributed by atoms with van der Waals surface area (Å²) < 4.78 is 24.4. The maximum atomic E-state index is 12.3. The third-order valence-electron chi connectivity index (χ3n) is 4.14. The summed E-state index contributed by atoms with van der Waals surface area (Å²) >= 11 is 1.52. The molecule has 24 heavy (non-hydrogen) atoms. The van der Waals surface area contributed by atoms with Crippen LogP contribution in [0, 0.1) is 0 Å². The van der Waals surface area contributed by atoms with Crippen LogP contribution in [0.3, 0.4) is 0 Å². The van der Waals surface area contributed by atoms with E-state index in [1.54, 1.807) is 4.90 Å². The van der Waals surface area contributed by atoms with E-state index in [1.807, 2.05) is 0 Å². The molecule has 2 rings (SSSR count). The third-order valence-corrected chi connectivity index (χ3v) is 6.44. The number of hydrogen-bond acceptors (Lipinski definition) is 4. The predicted octanol–water partition coefficient (Wildman–Crippen LogP) is 2.18. The summed E-state index contributed by atoms with van der Waals surface area (Å²) in [4.78, 5) is 15.1. The van der Waals surface area contributed by atoms with E-state index in [2.05, 4.69) is 45.0 Å². The van der Waals surface area contributed by atoms with Crippen LogP contribution in [0.15, 0.2) is 29.2 Å². The van der Waals surface area contributed by atoms with Crippen molar-refractivity contribution in [2.24, 2.45) is 0 Å². The number of rotatable bonds is 4. The number of amides is 1. The molecule has 7 heteroatoms. The van der Waals surface area contributed by atoms with Crippen LogP contribution in [0.5, 0.6) is 0 Å². The highest BCUT2D eigenvalue weighted by Crippen LogP contribution is 2.25. The average Bonchev–Trinajstić information content (AvgIpc) is 2.51. The van der Waals surface area contributed by atoms with E-state index in [9.17, 15) is 13.2 Å². The van der Waals surface area contributed by atoms with E-state index in [0.717, 1.165) is 4.90 Å². The van der Waals surface area contributed by atoms with Crippen LogP contribution in [0.2, 0.25) is 0 Å². The highest BCUT2D eigenvalue weighted by molar-refractivity contribution is 8.00. The number of thioether (sulfide) groups is 1. The number of benzene rings is 1. The molecule has 0 aromatic heterocycles. The molecular formula is C17H26N2O3S2. The second-order valence-corrected chi connectivity index (χ2v) is 10.1. The first-order chi connectivity index (χ1) is 11.1. The lowest BCUT2D eigenvalue weighted by Gasteiger charge is -2.33. The van der Waals surface area contributed by atoms with Gasteiger partial charge in [0.1, 0.15) is 0 Å². The van der Waals surface area contributed by atoms with Crippen molar-refractivity contribution < 1.29 is 13.2 Å². The van der Waals surface area contributed by atoms with Crippen LogP contribution in [0.4, 0.5) is 0 Å². The first-order valence-electron chi connectivity index (χ1n) is 8.03. The van der Waals surface area contributed by atoms with Gasteiger partial charge in [-0.25, -0.2) is 8.42 Å². The van der Waals surface area contributed by atoms with E-state index in [4.69, 9.17) is 0 Å². The smallest absolute Gasteiger partial charge is 0.233 e. The molecule has 1 aromatic rings. The number of sulfonamides is 1. The highest BCUT2D eigenvalue weighted by Gasteiger charge is 2.25. The average molecular weight is 371 g/mol. The van der Waals surface area contributed by atoms with Gasteiger partial charge in [0.15, 0.2) is 0 Å². The molecule has 0 radical (unpaired) electrons. The lowest BCUT2D eigenvalue weighted by molar-refractivity contribution is -0.129. The summed E-state index contributed by atoms with van der Waals surface area (Å²) in [5.74, 6) is 0.446. The van der Waals surface area contributed by atoms with Crippen LogP contribution < -0.4 is 0 Å². The van der Waals surface area contributed by atoms with Crippen molar-refractivity contribution >= 4 is 27.7 Å². The Bertz CT molecular complexity index is 671. The summed E-state index contributed by atoms with van der Waals surface area (Å²) in [6.45, 7) is 8.23.